The molecule has 1 aliphatic rings. The highest BCUT2D eigenvalue weighted by Gasteiger charge is 2.30. The van der Waals surface area contributed by atoms with Crippen LogP contribution >= 0.6 is 0 Å². The van der Waals surface area contributed by atoms with E-state index in [0.717, 1.165) is 22.3 Å². The second-order valence-electron chi connectivity index (χ2n) is 7.80. The van der Waals surface area contributed by atoms with E-state index in [4.69, 9.17) is 15.2 Å². The molecule has 32 heavy (non-hydrogen) atoms. The van der Waals surface area contributed by atoms with Gasteiger partial charge in [0.15, 0.2) is 0 Å². The van der Waals surface area contributed by atoms with Crippen LogP contribution in [-0.4, -0.2) is 37.2 Å². The van der Waals surface area contributed by atoms with Crippen LogP contribution in [0.15, 0.2) is 60.7 Å². The summed E-state index contributed by atoms with van der Waals surface area (Å²) in [6, 6.07) is 15.0. The van der Waals surface area contributed by atoms with Gasteiger partial charge in [0.25, 0.3) is 0 Å². The van der Waals surface area contributed by atoms with Crippen molar-refractivity contribution in [1.82, 2.24) is 5.32 Å². The highest BCUT2D eigenvalue weighted by atomic mass is 16.6. The minimum Gasteiger partial charge on any atom is -0.449 e. The summed E-state index contributed by atoms with van der Waals surface area (Å²) < 4.78 is 10.3. The zero-order chi connectivity index (χ0) is 23.1. The van der Waals surface area contributed by atoms with Crippen LogP contribution in [0.5, 0.6) is 0 Å². The van der Waals surface area contributed by atoms with Gasteiger partial charge in [0.1, 0.15) is 12.6 Å². The molecule has 168 valence electrons. The van der Waals surface area contributed by atoms with Crippen LogP contribution in [0.3, 0.4) is 0 Å². The number of rotatable bonds is 9. The Hall–Kier alpha value is -3.45. The van der Waals surface area contributed by atoms with Gasteiger partial charge >= 0.3 is 18.0 Å². The number of carbonyl (C=O) groups is 3. The summed E-state index contributed by atoms with van der Waals surface area (Å²) in [6.07, 6.45) is 0.791. The Bertz CT molecular complexity index is 971. The summed E-state index contributed by atoms with van der Waals surface area (Å²) in [4.78, 5) is 36.6. The van der Waals surface area contributed by atoms with Gasteiger partial charge in [-0.1, -0.05) is 55.1 Å². The first-order chi connectivity index (χ1) is 15.4. The molecule has 3 rings (SSSR count). The molecular formula is C25H28N2O5. The molecule has 2 aromatic rings. The van der Waals surface area contributed by atoms with E-state index in [1.165, 1.54) is 6.92 Å². The number of esters is 2. The first kappa shape index (κ1) is 23.2. The van der Waals surface area contributed by atoms with Crippen molar-refractivity contribution < 1.29 is 23.9 Å². The molecule has 1 aliphatic carbocycles. The minimum absolute atomic E-state index is 0.0965. The number of hydrogen-bond acceptors (Lipinski definition) is 6. The number of carbonyl (C=O) groups excluding carboxylic acids is 3. The summed E-state index contributed by atoms with van der Waals surface area (Å²) in [5.74, 6) is -1.77. The van der Waals surface area contributed by atoms with Gasteiger partial charge in [0, 0.05) is 11.5 Å². The van der Waals surface area contributed by atoms with Crippen molar-refractivity contribution >= 4 is 18.0 Å². The number of nitrogens with one attached hydrogen (secondary N) is 1. The van der Waals surface area contributed by atoms with Crippen LogP contribution in [0, 0.1) is 0 Å². The maximum absolute atomic E-state index is 12.5. The van der Waals surface area contributed by atoms with Gasteiger partial charge in [-0.2, -0.15) is 0 Å². The third-order valence-corrected chi connectivity index (χ3v) is 5.41. The van der Waals surface area contributed by atoms with E-state index in [1.807, 2.05) is 36.4 Å². The van der Waals surface area contributed by atoms with Crippen molar-refractivity contribution in [2.24, 2.45) is 5.73 Å². The lowest BCUT2D eigenvalue weighted by atomic mass is 9.98. The summed E-state index contributed by atoms with van der Waals surface area (Å²) in [6.45, 7) is 5.48. The van der Waals surface area contributed by atoms with E-state index in [-0.39, 0.29) is 24.5 Å². The molecule has 0 bridgehead atoms. The highest BCUT2D eigenvalue weighted by molar-refractivity contribution is 5.97. The van der Waals surface area contributed by atoms with Gasteiger partial charge in [-0.3, -0.25) is 0 Å². The average Bonchev–Trinajstić information content (AvgIpc) is 3.10. The monoisotopic (exact) mass is 436 g/mol. The molecule has 2 aromatic carbocycles. The molecule has 0 saturated heterocycles. The summed E-state index contributed by atoms with van der Waals surface area (Å²) in [5, 5.41) is 2.53. The summed E-state index contributed by atoms with van der Waals surface area (Å²) in [5.41, 5.74) is 10.0. The van der Waals surface area contributed by atoms with Crippen LogP contribution in [-0.2, 0) is 19.1 Å². The summed E-state index contributed by atoms with van der Waals surface area (Å²) >= 11 is 0. The fourth-order valence-electron chi connectivity index (χ4n) is 3.77. The first-order valence-corrected chi connectivity index (χ1v) is 10.7. The predicted octanol–water partition coefficient (Wildman–Crippen LogP) is 3.67. The number of alkyl carbamates (subject to hydrolysis) is 1. The van der Waals surface area contributed by atoms with Gasteiger partial charge in [-0.15, -0.1) is 0 Å². The zero-order valence-corrected chi connectivity index (χ0v) is 18.1. The first-order valence-electron chi connectivity index (χ1n) is 10.7. The lowest BCUT2D eigenvalue weighted by Gasteiger charge is -2.18. The quantitative estimate of drug-likeness (QED) is 0.269. The van der Waals surface area contributed by atoms with E-state index < -0.39 is 24.1 Å². The lowest BCUT2D eigenvalue weighted by Crippen LogP contribution is -2.43. The fourth-order valence-corrected chi connectivity index (χ4v) is 3.77. The van der Waals surface area contributed by atoms with E-state index >= 15 is 0 Å². The molecule has 1 amide bonds. The summed E-state index contributed by atoms with van der Waals surface area (Å²) in [7, 11) is 0. The van der Waals surface area contributed by atoms with Gasteiger partial charge < -0.3 is 20.5 Å². The van der Waals surface area contributed by atoms with Gasteiger partial charge in [-0.05, 0) is 55.0 Å². The Morgan fingerprint density at radius 1 is 1.03 bits per heavy atom. The van der Waals surface area contributed by atoms with Crippen molar-refractivity contribution in [1.29, 1.82) is 0 Å². The molecule has 7 heteroatoms. The number of benzene rings is 2. The van der Waals surface area contributed by atoms with E-state index in [2.05, 4.69) is 24.0 Å². The van der Waals surface area contributed by atoms with Crippen LogP contribution in [0.1, 0.15) is 43.2 Å². The molecule has 0 fully saturated rings. The van der Waals surface area contributed by atoms with Gasteiger partial charge in [0.05, 0.1) is 0 Å². The highest BCUT2D eigenvalue weighted by Crippen LogP contribution is 2.44. The standard InChI is InChI=1S/C25H28N2O5/c1-16(2)23(28)32-24(29)22(13-7-8-14-26)27-25(30)31-15-21-19-11-5-3-9-17(19)18-10-4-6-12-20(18)21/h3-6,9-12,21-22H,1,7-8,13-15,26H2,2H3,(H,27,30)/t22-/m0/s1. The molecule has 0 spiro atoms. The number of ether oxygens (including phenoxy) is 2. The number of hydrogen-bond donors (Lipinski definition) is 2. The zero-order valence-electron chi connectivity index (χ0n) is 18.1. The molecule has 1 atom stereocenters. The van der Waals surface area contributed by atoms with Gasteiger partial charge in [0.2, 0.25) is 0 Å². The lowest BCUT2D eigenvalue weighted by molar-refractivity contribution is -0.158. The molecular weight excluding hydrogens is 408 g/mol. The Morgan fingerprint density at radius 3 is 2.19 bits per heavy atom. The molecule has 3 N–H and O–H groups in total. The van der Waals surface area contributed by atoms with Gasteiger partial charge in [-0.25, -0.2) is 14.4 Å². The molecule has 0 saturated carbocycles. The largest absolute Gasteiger partial charge is 0.449 e. The molecule has 0 aliphatic heterocycles. The number of nitrogens with two attached hydrogens (primary N) is 1. The maximum Gasteiger partial charge on any atom is 0.407 e. The van der Waals surface area contributed by atoms with E-state index in [1.54, 1.807) is 0 Å². The predicted molar refractivity (Wildman–Crippen MR) is 121 cm³/mol. The van der Waals surface area contributed by atoms with Crippen molar-refractivity contribution in [3.8, 4) is 11.1 Å². The Balaban J connectivity index is 1.65. The molecule has 0 radical (unpaired) electrons. The van der Waals surface area contributed by atoms with Crippen LogP contribution < -0.4 is 11.1 Å². The molecule has 0 heterocycles. The SMILES string of the molecule is C=C(C)C(=O)OC(=O)[C@H](CCCCN)NC(=O)OCC1c2ccccc2-c2ccccc21. The molecule has 7 nitrogen and oxygen atoms in total. The van der Waals surface area contributed by atoms with Crippen molar-refractivity contribution in [2.45, 2.75) is 38.1 Å². The Morgan fingerprint density at radius 2 is 1.62 bits per heavy atom. The van der Waals surface area contributed by atoms with Crippen molar-refractivity contribution in [3.05, 3.63) is 71.8 Å². The van der Waals surface area contributed by atoms with E-state index in [0.29, 0.717) is 19.4 Å². The third-order valence-electron chi connectivity index (χ3n) is 5.41. The normalized spacial score (nSPS) is 12.9. The van der Waals surface area contributed by atoms with Crippen LogP contribution in [0.2, 0.25) is 0 Å². The Labute approximate surface area is 187 Å². The second-order valence-corrected chi connectivity index (χ2v) is 7.80. The minimum atomic E-state index is -1.01. The van der Waals surface area contributed by atoms with Crippen molar-refractivity contribution in [3.63, 3.8) is 0 Å². The smallest absolute Gasteiger partial charge is 0.407 e. The third kappa shape index (κ3) is 5.42. The average molecular weight is 437 g/mol. The van der Waals surface area contributed by atoms with Crippen LogP contribution in [0.25, 0.3) is 11.1 Å². The topological polar surface area (TPSA) is 108 Å². The number of unbranched alkanes of at least 4 members (excludes halogenated alkanes) is 1. The maximum atomic E-state index is 12.5. The molecule has 0 unspecified atom stereocenters. The second kappa shape index (κ2) is 10.7. The fraction of sp³-hybridized carbons (Fsp3) is 0.320. The Kier molecular flexibility index (Phi) is 7.78. The number of amides is 1. The molecule has 0 aromatic heterocycles. The van der Waals surface area contributed by atoms with Crippen LogP contribution in [0.4, 0.5) is 4.79 Å². The van der Waals surface area contributed by atoms with E-state index in [9.17, 15) is 14.4 Å². The number of fused-ring (bicyclic) bond motifs is 3. The van der Waals surface area contributed by atoms with Crippen molar-refractivity contribution in [2.75, 3.05) is 13.2 Å².